The van der Waals surface area contributed by atoms with Crippen molar-refractivity contribution in [1.82, 2.24) is 5.32 Å². The van der Waals surface area contributed by atoms with Crippen molar-refractivity contribution in [3.05, 3.63) is 34.3 Å². The lowest BCUT2D eigenvalue weighted by atomic mass is 10.1. The molecule has 1 N–H and O–H groups in total. The van der Waals surface area contributed by atoms with E-state index < -0.39 is 0 Å². The summed E-state index contributed by atoms with van der Waals surface area (Å²) < 4.78 is 0. The van der Waals surface area contributed by atoms with E-state index in [1.54, 1.807) is 0 Å². The first-order valence-electron chi connectivity index (χ1n) is 4.63. The minimum Gasteiger partial charge on any atom is -0.316 e. The summed E-state index contributed by atoms with van der Waals surface area (Å²) in [5.74, 6) is 0. The molecule has 0 aromatic heterocycles. The lowest BCUT2D eigenvalue weighted by molar-refractivity contribution is 0.817. The highest BCUT2D eigenvalue weighted by atomic mass is 35.5. The Morgan fingerprint density at radius 2 is 1.92 bits per heavy atom. The Morgan fingerprint density at radius 3 is 2.38 bits per heavy atom. The van der Waals surface area contributed by atoms with Crippen molar-refractivity contribution in [2.75, 3.05) is 7.05 Å². The summed E-state index contributed by atoms with van der Waals surface area (Å²) in [4.78, 5) is 0. The number of hydrogen-bond acceptors (Lipinski definition) is 1. The highest BCUT2D eigenvalue weighted by molar-refractivity contribution is 6.31. The Labute approximate surface area is 86.1 Å². The van der Waals surface area contributed by atoms with Gasteiger partial charge in [-0.15, -0.1) is 0 Å². The van der Waals surface area contributed by atoms with Crippen LogP contribution in [0, 0.1) is 6.92 Å². The standard InChI is InChI=1S/C9H12ClN.C2H6/c1-7-3-4-8(6-11-2)5-9(7)10;1-2/h3-5,11H,6H2,1-2H3;1-2H3. The fraction of sp³-hybridized carbons (Fsp3) is 0.455. The molecule has 13 heavy (non-hydrogen) atoms. The molecule has 0 aliphatic heterocycles. The van der Waals surface area contributed by atoms with E-state index in [0.29, 0.717) is 0 Å². The molecule has 0 atom stereocenters. The molecule has 0 saturated carbocycles. The predicted octanol–water partition coefficient (Wildman–Crippen LogP) is 3.39. The number of benzene rings is 1. The van der Waals surface area contributed by atoms with Gasteiger partial charge in [0.2, 0.25) is 0 Å². The molecule has 0 aliphatic carbocycles. The van der Waals surface area contributed by atoms with Gasteiger partial charge in [0, 0.05) is 11.6 Å². The maximum atomic E-state index is 5.92. The van der Waals surface area contributed by atoms with Gasteiger partial charge in [-0.2, -0.15) is 0 Å². The molecule has 0 heterocycles. The number of nitrogens with one attached hydrogen (secondary N) is 1. The van der Waals surface area contributed by atoms with Crippen LogP contribution >= 0.6 is 11.6 Å². The zero-order valence-corrected chi connectivity index (χ0v) is 9.57. The minimum atomic E-state index is 0.845. The van der Waals surface area contributed by atoms with Gasteiger partial charge in [0.05, 0.1) is 0 Å². The highest BCUT2D eigenvalue weighted by Gasteiger charge is 1.95. The molecule has 0 fully saturated rings. The van der Waals surface area contributed by atoms with Crippen molar-refractivity contribution in [1.29, 1.82) is 0 Å². The number of halogens is 1. The zero-order valence-electron chi connectivity index (χ0n) is 8.82. The first-order chi connectivity index (χ1) is 6.24. The Morgan fingerprint density at radius 1 is 1.31 bits per heavy atom. The summed E-state index contributed by atoms with van der Waals surface area (Å²) >= 11 is 5.92. The Bertz CT molecular complexity index is 246. The predicted molar refractivity (Wildman–Crippen MR) is 60.3 cm³/mol. The Hall–Kier alpha value is -0.530. The van der Waals surface area contributed by atoms with Crippen molar-refractivity contribution in [3.8, 4) is 0 Å². The third-order valence-corrected chi connectivity index (χ3v) is 2.02. The molecule has 0 radical (unpaired) electrons. The van der Waals surface area contributed by atoms with Gasteiger partial charge in [0.25, 0.3) is 0 Å². The van der Waals surface area contributed by atoms with Gasteiger partial charge in [-0.1, -0.05) is 37.6 Å². The van der Waals surface area contributed by atoms with Crippen LogP contribution in [-0.2, 0) is 6.54 Å². The molecule has 0 aliphatic rings. The second-order valence-electron chi connectivity index (χ2n) is 2.61. The molecular formula is C11H18ClN. The molecule has 1 aromatic rings. The first-order valence-corrected chi connectivity index (χ1v) is 5.01. The largest absolute Gasteiger partial charge is 0.316 e. The van der Waals surface area contributed by atoms with E-state index in [-0.39, 0.29) is 0 Å². The van der Waals surface area contributed by atoms with Crippen LogP contribution < -0.4 is 5.32 Å². The fourth-order valence-corrected chi connectivity index (χ4v) is 1.15. The van der Waals surface area contributed by atoms with E-state index in [0.717, 1.165) is 17.1 Å². The smallest absolute Gasteiger partial charge is 0.0438 e. The highest BCUT2D eigenvalue weighted by Crippen LogP contribution is 2.16. The number of aryl methyl sites for hydroxylation is 1. The number of rotatable bonds is 2. The molecule has 0 bridgehead atoms. The van der Waals surface area contributed by atoms with E-state index >= 15 is 0 Å². The second-order valence-corrected chi connectivity index (χ2v) is 3.02. The summed E-state index contributed by atoms with van der Waals surface area (Å²) in [7, 11) is 1.92. The van der Waals surface area contributed by atoms with Crippen molar-refractivity contribution in [3.63, 3.8) is 0 Å². The average Bonchev–Trinajstić information content (AvgIpc) is 2.15. The van der Waals surface area contributed by atoms with Crippen LogP contribution in [0.2, 0.25) is 5.02 Å². The fourth-order valence-electron chi connectivity index (χ4n) is 0.950. The molecule has 2 heteroatoms. The normalized spacial score (nSPS) is 9.00. The van der Waals surface area contributed by atoms with Gasteiger partial charge in [0.15, 0.2) is 0 Å². The second kappa shape index (κ2) is 6.93. The van der Waals surface area contributed by atoms with Gasteiger partial charge in [-0.05, 0) is 31.2 Å². The van der Waals surface area contributed by atoms with Crippen molar-refractivity contribution >= 4 is 11.6 Å². The lowest BCUT2D eigenvalue weighted by Gasteiger charge is -2.02. The van der Waals surface area contributed by atoms with Crippen molar-refractivity contribution in [2.45, 2.75) is 27.3 Å². The van der Waals surface area contributed by atoms with E-state index in [1.165, 1.54) is 5.56 Å². The van der Waals surface area contributed by atoms with Crippen LogP contribution in [0.15, 0.2) is 18.2 Å². The maximum absolute atomic E-state index is 5.92. The average molecular weight is 200 g/mol. The SMILES string of the molecule is CC.CNCc1ccc(C)c(Cl)c1. The van der Waals surface area contributed by atoms with Crippen LogP contribution in [0.25, 0.3) is 0 Å². The number of hydrogen-bond donors (Lipinski definition) is 1. The van der Waals surface area contributed by atoms with Crippen LogP contribution in [0.5, 0.6) is 0 Å². The molecule has 74 valence electrons. The van der Waals surface area contributed by atoms with Gasteiger partial charge in [0.1, 0.15) is 0 Å². The molecule has 0 amide bonds. The molecule has 1 nitrogen and oxygen atoms in total. The van der Waals surface area contributed by atoms with Crippen LogP contribution in [0.3, 0.4) is 0 Å². The van der Waals surface area contributed by atoms with E-state index in [1.807, 2.05) is 40.0 Å². The summed E-state index contributed by atoms with van der Waals surface area (Å²) in [5, 5.41) is 3.92. The molecule has 0 saturated heterocycles. The quantitative estimate of drug-likeness (QED) is 0.770. The first kappa shape index (κ1) is 12.5. The van der Waals surface area contributed by atoms with Crippen molar-refractivity contribution in [2.24, 2.45) is 0 Å². The molecule has 1 aromatic carbocycles. The van der Waals surface area contributed by atoms with E-state index in [4.69, 9.17) is 11.6 Å². The Kier molecular flexibility index (Phi) is 6.65. The van der Waals surface area contributed by atoms with Crippen molar-refractivity contribution < 1.29 is 0 Å². The van der Waals surface area contributed by atoms with E-state index in [9.17, 15) is 0 Å². The molecule has 0 unspecified atom stereocenters. The lowest BCUT2D eigenvalue weighted by Crippen LogP contribution is -2.04. The Balaban J connectivity index is 0.000000671. The molecular weight excluding hydrogens is 182 g/mol. The minimum absolute atomic E-state index is 0.845. The zero-order chi connectivity index (χ0) is 10.3. The molecule has 1 rings (SSSR count). The third-order valence-electron chi connectivity index (χ3n) is 1.62. The summed E-state index contributed by atoms with van der Waals surface area (Å²) in [5.41, 5.74) is 2.36. The van der Waals surface area contributed by atoms with Gasteiger partial charge in [-0.3, -0.25) is 0 Å². The topological polar surface area (TPSA) is 12.0 Å². The van der Waals surface area contributed by atoms with Crippen LogP contribution in [-0.4, -0.2) is 7.05 Å². The van der Waals surface area contributed by atoms with Crippen LogP contribution in [0.4, 0.5) is 0 Å². The van der Waals surface area contributed by atoms with Gasteiger partial charge < -0.3 is 5.32 Å². The third kappa shape index (κ3) is 4.30. The summed E-state index contributed by atoms with van der Waals surface area (Å²) in [6.07, 6.45) is 0. The van der Waals surface area contributed by atoms with Gasteiger partial charge in [-0.25, -0.2) is 0 Å². The monoisotopic (exact) mass is 199 g/mol. The summed E-state index contributed by atoms with van der Waals surface area (Å²) in [6.45, 7) is 6.88. The molecule has 0 spiro atoms. The van der Waals surface area contributed by atoms with Gasteiger partial charge >= 0.3 is 0 Å². The van der Waals surface area contributed by atoms with E-state index in [2.05, 4.69) is 11.4 Å². The maximum Gasteiger partial charge on any atom is 0.0438 e. The summed E-state index contributed by atoms with van der Waals surface area (Å²) in [6, 6.07) is 6.11. The van der Waals surface area contributed by atoms with Crippen LogP contribution in [0.1, 0.15) is 25.0 Å².